The van der Waals surface area contributed by atoms with Gasteiger partial charge in [-0.2, -0.15) is 0 Å². The average Bonchev–Trinajstić information content (AvgIpc) is 2.61. The molecule has 0 aliphatic heterocycles. The first-order chi connectivity index (χ1) is 12.8. The fourth-order valence-electron chi connectivity index (χ4n) is 6.35. The van der Waals surface area contributed by atoms with Gasteiger partial charge in [0.05, 0.1) is 0 Å². The maximum absolute atomic E-state index is 2.69. The maximum atomic E-state index is 2.69. The fourth-order valence-corrected chi connectivity index (χ4v) is 6.35. The standard InChI is InChI=1S/C28H58/c1-13-17-20-27(11,21-18-19-26(8,9)10)28(12,16-4)24(15-3)25(22(5)6)23(7)14-2/h22-25H,13-21H2,1-12H3. The summed E-state index contributed by atoms with van der Waals surface area (Å²) < 4.78 is 0. The summed E-state index contributed by atoms with van der Waals surface area (Å²) in [5, 5.41) is 0. The Morgan fingerprint density at radius 1 is 0.679 bits per heavy atom. The van der Waals surface area contributed by atoms with Crippen LogP contribution in [0.2, 0.25) is 0 Å². The summed E-state index contributed by atoms with van der Waals surface area (Å²) in [6.07, 6.45) is 12.2. The zero-order valence-electron chi connectivity index (χ0n) is 22.2. The minimum absolute atomic E-state index is 0.424. The molecule has 0 radical (unpaired) electrons. The molecule has 0 spiro atoms. The molecule has 0 heteroatoms. The van der Waals surface area contributed by atoms with Gasteiger partial charge in [0.25, 0.3) is 0 Å². The Morgan fingerprint density at radius 2 is 1.21 bits per heavy atom. The van der Waals surface area contributed by atoms with Crippen LogP contribution in [0.4, 0.5) is 0 Å². The van der Waals surface area contributed by atoms with Crippen molar-refractivity contribution >= 4 is 0 Å². The molecule has 170 valence electrons. The van der Waals surface area contributed by atoms with E-state index in [0.29, 0.717) is 16.2 Å². The second-order valence-corrected chi connectivity index (χ2v) is 12.1. The van der Waals surface area contributed by atoms with E-state index in [9.17, 15) is 0 Å². The first-order valence-corrected chi connectivity index (χ1v) is 12.8. The fraction of sp³-hybridized carbons (Fsp3) is 1.00. The van der Waals surface area contributed by atoms with E-state index < -0.39 is 0 Å². The van der Waals surface area contributed by atoms with Gasteiger partial charge in [0.15, 0.2) is 0 Å². The van der Waals surface area contributed by atoms with Gasteiger partial charge in [-0.1, -0.05) is 115 Å². The normalized spacial score (nSPS) is 20.5. The summed E-state index contributed by atoms with van der Waals surface area (Å²) in [6, 6.07) is 0. The van der Waals surface area contributed by atoms with Crippen LogP contribution >= 0.6 is 0 Å². The molecule has 0 nitrogen and oxygen atoms in total. The Bertz CT molecular complexity index is 401. The average molecular weight is 395 g/mol. The van der Waals surface area contributed by atoms with E-state index in [2.05, 4.69) is 83.1 Å². The van der Waals surface area contributed by atoms with Crippen molar-refractivity contribution in [1.82, 2.24) is 0 Å². The van der Waals surface area contributed by atoms with Crippen molar-refractivity contribution in [3.8, 4) is 0 Å². The van der Waals surface area contributed by atoms with E-state index in [-0.39, 0.29) is 0 Å². The molecule has 0 saturated heterocycles. The minimum Gasteiger partial charge on any atom is -0.0654 e. The van der Waals surface area contributed by atoms with Crippen molar-refractivity contribution in [2.45, 2.75) is 141 Å². The first-order valence-electron chi connectivity index (χ1n) is 12.8. The highest BCUT2D eigenvalue weighted by Gasteiger charge is 2.50. The van der Waals surface area contributed by atoms with E-state index in [4.69, 9.17) is 0 Å². The second-order valence-electron chi connectivity index (χ2n) is 12.1. The lowest BCUT2D eigenvalue weighted by Crippen LogP contribution is -2.48. The molecule has 0 heterocycles. The van der Waals surface area contributed by atoms with Crippen LogP contribution in [0.1, 0.15) is 141 Å². The van der Waals surface area contributed by atoms with E-state index in [1.165, 1.54) is 57.8 Å². The predicted molar refractivity (Wildman–Crippen MR) is 131 cm³/mol. The molecule has 5 unspecified atom stereocenters. The van der Waals surface area contributed by atoms with Crippen molar-refractivity contribution in [3.63, 3.8) is 0 Å². The Kier molecular flexibility index (Phi) is 12.0. The van der Waals surface area contributed by atoms with Gasteiger partial charge < -0.3 is 0 Å². The summed E-state index contributed by atoms with van der Waals surface area (Å²) in [7, 11) is 0. The summed E-state index contributed by atoms with van der Waals surface area (Å²) in [5.41, 5.74) is 1.33. The lowest BCUT2D eigenvalue weighted by atomic mass is 9.49. The molecule has 0 fully saturated rings. The molecule has 0 aliphatic rings. The molecule has 0 rings (SSSR count). The molecule has 0 saturated carbocycles. The van der Waals surface area contributed by atoms with E-state index in [1.54, 1.807) is 0 Å². The number of unbranched alkanes of at least 4 members (excludes halogenated alkanes) is 1. The summed E-state index contributed by atoms with van der Waals surface area (Å²) in [6.45, 7) is 29.8. The molecule has 0 aromatic heterocycles. The molecule has 0 aromatic carbocycles. The quantitative estimate of drug-likeness (QED) is 0.275. The molecule has 28 heavy (non-hydrogen) atoms. The summed E-state index contributed by atoms with van der Waals surface area (Å²) in [5.74, 6) is 3.25. The highest BCUT2D eigenvalue weighted by Crippen LogP contribution is 2.58. The largest absolute Gasteiger partial charge is 0.0654 e. The number of rotatable bonds is 14. The molecule has 5 atom stereocenters. The van der Waals surface area contributed by atoms with Crippen LogP contribution in [-0.4, -0.2) is 0 Å². The molecule has 0 bridgehead atoms. The van der Waals surface area contributed by atoms with Gasteiger partial charge in [0, 0.05) is 0 Å². The number of hydrogen-bond donors (Lipinski definition) is 0. The summed E-state index contributed by atoms with van der Waals surface area (Å²) >= 11 is 0. The molecule has 0 amide bonds. The predicted octanol–water partition coefficient (Wildman–Crippen LogP) is 10.2. The van der Waals surface area contributed by atoms with Crippen LogP contribution in [0.3, 0.4) is 0 Å². The van der Waals surface area contributed by atoms with E-state index in [1.807, 2.05) is 0 Å². The Labute approximate surface area is 181 Å². The second kappa shape index (κ2) is 12.0. The smallest absolute Gasteiger partial charge is 0.0244 e. The monoisotopic (exact) mass is 394 g/mol. The van der Waals surface area contributed by atoms with Crippen LogP contribution in [0.15, 0.2) is 0 Å². The van der Waals surface area contributed by atoms with Gasteiger partial charge in [-0.3, -0.25) is 0 Å². The van der Waals surface area contributed by atoms with Crippen LogP contribution in [0, 0.1) is 39.9 Å². The lowest BCUT2D eigenvalue weighted by molar-refractivity contribution is -0.0647. The Balaban J connectivity index is 6.00. The highest BCUT2D eigenvalue weighted by molar-refractivity contribution is 4.99. The van der Waals surface area contributed by atoms with Gasteiger partial charge in [-0.15, -0.1) is 0 Å². The van der Waals surface area contributed by atoms with Crippen LogP contribution in [-0.2, 0) is 0 Å². The molecule has 0 aliphatic carbocycles. The van der Waals surface area contributed by atoms with Crippen LogP contribution < -0.4 is 0 Å². The Morgan fingerprint density at radius 3 is 1.57 bits per heavy atom. The lowest BCUT2D eigenvalue weighted by Gasteiger charge is -2.55. The van der Waals surface area contributed by atoms with Crippen molar-refractivity contribution in [2.75, 3.05) is 0 Å². The zero-order chi connectivity index (χ0) is 22.2. The molecular weight excluding hydrogens is 336 g/mol. The van der Waals surface area contributed by atoms with Gasteiger partial charge in [-0.05, 0) is 65.6 Å². The van der Waals surface area contributed by atoms with Gasteiger partial charge in [0.2, 0.25) is 0 Å². The summed E-state index contributed by atoms with van der Waals surface area (Å²) in [4.78, 5) is 0. The van der Waals surface area contributed by atoms with Gasteiger partial charge in [-0.25, -0.2) is 0 Å². The third-order valence-electron chi connectivity index (χ3n) is 8.64. The van der Waals surface area contributed by atoms with Gasteiger partial charge in [0.1, 0.15) is 0 Å². The van der Waals surface area contributed by atoms with E-state index in [0.717, 1.165) is 23.7 Å². The topological polar surface area (TPSA) is 0 Å². The number of hydrogen-bond acceptors (Lipinski definition) is 0. The zero-order valence-corrected chi connectivity index (χ0v) is 22.2. The third kappa shape index (κ3) is 7.36. The SMILES string of the molecule is CCCCC(C)(CCCC(C)(C)C)C(C)(CC)C(CC)C(C(C)C)C(C)CC. The van der Waals surface area contributed by atoms with Crippen molar-refractivity contribution in [3.05, 3.63) is 0 Å². The van der Waals surface area contributed by atoms with Crippen molar-refractivity contribution in [2.24, 2.45) is 39.9 Å². The Hall–Kier alpha value is 0. The molecule has 0 aromatic rings. The maximum Gasteiger partial charge on any atom is -0.0244 e. The van der Waals surface area contributed by atoms with Crippen LogP contribution in [0.25, 0.3) is 0 Å². The third-order valence-corrected chi connectivity index (χ3v) is 8.64. The molecular formula is C28H58. The highest BCUT2D eigenvalue weighted by atomic mass is 14.5. The minimum atomic E-state index is 0.424. The van der Waals surface area contributed by atoms with E-state index >= 15 is 0 Å². The molecule has 0 N–H and O–H groups in total. The van der Waals surface area contributed by atoms with Crippen molar-refractivity contribution in [1.29, 1.82) is 0 Å². The first kappa shape index (κ1) is 28.0. The van der Waals surface area contributed by atoms with Crippen molar-refractivity contribution < 1.29 is 0 Å². The van der Waals surface area contributed by atoms with Gasteiger partial charge >= 0.3 is 0 Å². The van der Waals surface area contributed by atoms with Crippen LogP contribution in [0.5, 0.6) is 0 Å².